The average molecular weight is 623 g/mol. The summed E-state index contributed by atoms with van der Waals surface area (Å²) in [6.45, 7) is 2.19. The first kappa shape index (κ1) is 28.1. The zero-order valence-electron chi connectivity index (χ0n) is 27.4. The molecule has 0 radical (unpaired) electrons. The van der Waals surface area contributed by atoms with Gasteiger partial charge < -0.3 is 0 Å². The van der Waals surface area contributed by atoms with Crippen molar-refractivity contribution in [3.63, 3.8) is 0 Å². The van der Waals surface area contributed by atoms with Crippen molar-refractivity contribution in [3.05, 3.63) is 215 Å². The zero-order chi connectivity index (χ0) is 32.5. The van der Waals surface area contributed by atoms with Crippen LogP contribution in [0.2, 0.25) is 0 Å². The third-order valence-electron chi connectivity index (χ3n) is 10.9. The van der Waals surface area contributed by atoms with Gasteiger partial charge in [0.15, 0.2) is 0 Å². The van der Waals surface area contributed by atoms with Gasteiger partial charge >= 0.3 is 0 Å². The molecule has 0 saturated heterocycles. The molecule has 0 heterocycles. The molecular weight excluding hydrogens is 589 g/mol. The van der Waals surface area contributed by atoms with E-state index in [1.54, 1.807) is 0 Å². The van der Waals surface area contributed by atoms with Gasteiger partial charge in [0.1, 0.15) is 0 Å². The molecule has 0 heteroatoms. The van der Waals surface area contributed by atoms with E-state index in [1.165, 1.54) is 94.2 Å². The lowest BCUT2D eigenvalue weighted by Gasteiger charge is -2.17. The van der Waals surface area contributed by atoms with Gasteiger partial charge in [0, 0.05) is 11.8 Å². The Labute approximate surface area is 288 Å². The number of hydrogen-bond donors (Lipinski definition) is 0. The van der Waals surface area contributed by atoms with Gasteiger partial charge in [-0.25, -0.2) is 0 Å². The molecule has 0 aliphatic heterocycles. The lowest BCUT2D eigenvalue weighted by atomic mass is 9.86. The maximum absolute atomic E-state index is 2.35. The number of aryl methyl sites for hydroxylation is 1. The first-order valence-electron chi connectivity index (χ1n) is 17.3. The lowest BCUT2D eigenvalue weighted by Crippen LogP contribution is -1.99. The zero-order valence-corrected chi connectivity index (χ0v) is 27.4. The predicted molar refractivity (Wildman–Crippen MR) is 205 cm³/mol. The Kier molecular flexibility index (Phi) is 6.33. The molecule has 0 nitrogen and oxygen atoms in total. The minimum atomic E-state index is 0.261. The van der Waals surface area contributed by atoms with Crippen molar-refractivity contribution >= 4 is 10.8 Å². The van der Waals surface area contributed by atoms with E-state index >= 15 is 0 Å². The second kappa shape index (κ2) is 11.0. The fourth-order valence-electron chi connectivity index (χ4n) is 8.71. The molecule has 2 aliphatic rings. The van der Waals surface area contributed by atoms with Crippen LogP contribution in [-0.4, -0.2) is 0 Å². The summed E-state index contributed by atoms with van der Waals surface area (Å²) in [6.07, 6.45) is 0. The molecule has 0 bridgehead atoms. The third kappa shape index (κ3) is 4.38. The molecule has 10 rings (SSSR count). The van der Waals surface area contributed by atoms with Crippen molar-refractivity contribution in [2.75, 3.05) is 0 Å². The molecule has 2 aliphatic carbocycles. The minimum absolute atomic E-state index is 0.261. The van der Waals surface area contributed by atoms with E-state index < -0.39 is 0 Å². The van der Waals surface area contributed by atoms with Crippen LogP contribution in [-0.2, 0) is 0 Å². The minimum Gasteiger partial charge on any atom is -0.0619 e. The molecule has 8 aromatic carbocycles. The molecule has 0 unspecified atom stereocenters. The van der Waals surface area contributed by atoms with E-state index in [4.69, 9.17) is 0 Å². The van der Waals surface area contributed by atoms with Crippen LogP contribution in [0, 0.1) is 6.92 Å². The highest BCUT2D eigenvalue weighted by Gasteiger charge is 2.30. The summed E-state index contributed by atoms with van der Waals surface area (Å²) < 4.78 is 0. The first-order valence-corrected chi connectivity index (χ1v) is 17.3. The van der Waals surface area contributed by atoms with E-state index in [0.29, 0.717) is 0 Å². The van der Waals surface area contributed by atoms with Crippen molar-refractivity contribution in [2.24, 2.45) is 0 Å². The summed E-state index contributed by atoms with van der Waals surface area (Å²) in [5, 5.41) is 2.58. The molecular formula is C49H34. The fourth-order valence-corrected chi connectivity index (χ4v) is 8.71. The van der Waals surface area contributed by atoms with Gasteiger partial charge in [-0.3, -0.25) is 0 Å². The van der Waals surface area contributed by atoms with Crippen molar-refractivity contribution < 1.29 is 0 Å². The van der Waals surface area contributed by atoms with Crippen molar-refractivity contribution in [1.29, 1.82) is 0 Å². The number of hydrogen-bond acceptors (Lipinski definition) is 0. The molecule has 0 spiro atoms. The summed E-state index contributed by atoms with van der Waals surface area (Å²) in [6, 6.07) is 65.7. The molecule has 0 fully saturated rings. The normalized spacial score (nSPS) is 13.2. The SMILES string of the molecule is Cc1ccc2c(-c3ccc(C4c5ccccc5-c5ccccc54)cc3)ccc(-c3ccc(C4c5ccccc5-c5ccccc54)cc3)c2c1. The smallest absolute Gasteiger partial charge is 0.0352 e. The van der Waals surface area contributed by atoms with Gasteiger partial charge in [-0.15, -0.1) is 0 Å². The monoisotopic (exact) mass is 622 g/mol. The van der Waals surface area contributed by atoms with Gasteiger partial charge in [0.25, 0.3) is 0 Å². The van der Waals surface area contributed by atoms with Crippen molar-refractivity contribution in [1.82, 2.24) is 0 Å². The maximum atomic E-state index is 2.35. The van der Waals surface area contributed by atoms with E-state index in [0.717, 1.165) is 0 Å². The number of rotatable bonds is 4. The number of benzene rings is 8. The molecule has 0 saturated carbocycles. The van der Waals surface area contributed by atoms with Crippen LogP contribution < -0.4 is 0 Å². The van der Waals surface area contributed by atoms with Gasteiger partial charge in [-0.1, -0.05) is 181 Å². The molecule has 230 valence electrons. The largest absolute Gasteiger partial charge is 0.0619 e. The summed E-state index contributed by atoms with van der Waals surface area (Å²) in [4.78, 5) is 0. The maximum Gasteiger partial charge on any atom is 0.0352 e. The molecule has 0 amide bonds. The van der Waals surface area contributed by atoms with Crippen LogP contribution in [0.3, 0.4) is 0 Å². The fraction of sp³-hybridized carbons (Fsp3) is 0.0612. The topological polar surface area (TPSA) is 0 Å². The van der Waals surface area contributed by atoms with Crippen LogP contribution in [0.25, 0.3) is 55.3 Å². The van der Waals surface area contributed by atoms with Crippen molar-refractivity contribution in [3.8, 4) is 44.5 Å². The van der Waals surface area contributed by atoms with Gasteiger partial charge in [0.2, 0.25) is 0 Å². The van der Waals surface area contributed by atoms with E-state index in [1.807, 2.05) is 0 Å². The van der Waals surface area contributed by atoms with E-state index in [-0.39, 0.29) is 11.8 Å². The highest BCUT2D eigenvalue weighted by Crippen LogP contribution is 2.49. The first-order chi connectivity index (χ1) is 24.2. The Hall–Kier alpha value is -5.98. The Bertz CT molecular complexity index is 2460. The van der Waals surface area contributed by atoms with Gasteiger partial charge in [0.05, 0.1) is 0 Å². The van der Waals surface area contributed by atoms with Crippen LogP contribution >= 0.6 is 0 Å². The van der Waals surface area contributed by atoms with Crippen LogP contribution in [0.5, 0.6) is 0 Å². The molecule has 49 heavy (non-hydrogen) atoms. The van der Waals surface area contributed by atoms with E-state index in [9.17, 15) is 0 Å². The Balaban J connectivity index is 1.02. The van der Waals surface area contributed by atoms with Crippen LogP contribution in [0.4, 0.5) is 0 Å². The van der Waals surface area contributed by atoms with Gasteiger partial charge in [-0.2, -0.15) is 0 Å². The summed E-state index contributed by atoms with van der Waals surface area (Å²) in [5.41, 5.74) is 20.0. The highest BCUT2D eigenvalue weighted by atomic mass is 14.3. The van der Waals surface area contributed by atoms with Gasteiger partial charge in [-0.05, 0) is 95.6 Å². The Morgan fingerprint density at radius 1 is 0.306 bits per heavy atom. The molecule has 0 N–H and O–H groups in total. The lowest BCUT2D eigenvalue weighted by molar-refractivity contribution is 1.02. The Morgan fingerprint density at radius 2 is 0.673 bits per heavy atom. The predicted octanol–water partition coefficient (Wildman–Crippen LogP) is 12.8. The molecule has 0 atom stereocenters. The van der Waals surface area contributed by atoms with Crippen LogP contribution in [0.1, 0.15) is 50.8 Å². The second-order valence-electron chi connectivity index (χ2n) is 13.7. The van der Waals surface area contributed by atoms with Crippen molar-refractivity contribution in [2.45, 2.75) is 18.8 Å². The third-order valence-corrected chi connectivity index (χ3v) is 10.9. The average Bonchev–Trinajstić information content (AvgIpc) is 3.68. The van der Waals surface area contributed by atoms with Crippen LogP contribution in [0.15, 0.2) is 176 Å². The Morgan fingerprint density at radius 3 is 1.08 bits per heavy atom. The molecule has 0 aromatic heterocycles. The highest BCUT2D eigenvalue weighted by molar-refractivity contribution is 6.05. The summed E-state index contributed by atoms with van der Waals surface area (Å²) in [5.74, 6) is 0.523. The summed E-state index contributed by atoms with van der Waals surface area (Å²) >= 11 is 0. The second-order valence-corrected chi connectivity index (χ2v) is 13.7. The quantitative estimate of drug-likeness (QED) is 0.183. The van der Waals surface area contributed by atoms with E-state index in [2.05, 4.69) is 183 Å². The molecule has 8 aromatic rings. The summed E-state index contributed by atoms with van der Waals surface area (Å²) in [7, 11) is 0. The standard InChI is InChI=1S/C49H34/c1-31-18-27-42-36(32-19-23-34(24-20-32)48-43-14-6-2-10-38(43)39-11-3-7-15-44(39)48)28-29-37(47(42)30-31)33-21-25-35(26-22-33)49-45-16-8-4-12-40(45)41-13-5-9-17-46(41)49/h2-30,48-49H,1H3. The number of fused-ring (bicyclic) bond motifs is 7.